The van der Waals surface area contributed by atoms with E-state index >= 15 is 0 Å². The van der Waals surface area contributed by atoms with Gasteiger partial charge in [0.15, 0.2) is 0 Å². The Kier molecular flexibility index (Phi) is 7.52. The van der Waals surface area contributed by atoms with Crippen LogP contribution in [0.1, 0.15) is 40.4 Å². The van der Waals surface area contributed by atoms with Crippen molar-refractivity contribution in [2.75, 3.05) is 13.2 Å². The quantitative estimate of drug-likeness (QED) is 0.333. The van der Waals surface area contributed by atoms with Crippen molar-refractivity contribution in [1.29, 1.82) is 0 Å². The lowest BCUT2D eigenvalue weighted by Gasteiger charge is -2.14. The molecule has 2 aromatic carbocycles. The Morgan fingerprint density at radius 1 is 1.03 bits per heavy atom. The van der Waals surface area contributed by atoms with Crippen LogP contribution >= 0.6 is 0 Å². The molecule has 164 valence electrons. The zero-order chi connectivity index (χ0) is 22.3. The molecule has 1 aromatic heterocycles. The number of halogens is 3. The van der Waals surface area contributed by atoms with Crippen LogP contribution in [0.4, 0.5) is 13.2 Å². The third-order valence-corrected chi connectivity index (χ3v) is 4.81. The number of carbonyl (C=O) groups is 1. The summed E-state index contributed by atoms with van der Waals surface area (Å²) in [6.07, 6.45) is -2.19. The van der Waals surface area contributed by atoms with Crippen LogP contribution in [-0.2, 0) is 28.7 Å². The minimum absolute atomic E-state index is 0.00533. The second-order valence-corrected chi connectivity index (χ2v) is 6.96. The molecule has 0 atom stereocenters. The number of carbonyl (C=O) groups excluding carboxylic acids is 1. The second-order valence-electron chi connectivity index (χ2n) is 6.96. The maximum Gasteiger partial charge on any atom is 0.417 e. The molecule has 3 rings (SSSR count). The standard InChI is InChI=1S/C24H24F3NO3/c1-2-31-23(29)20-15-28-22(19-11-6-7-13-21(19)24(25,26)27)18(20)12-8-14-30-16-17-9-4-3-5-10-17/h3-7,9-11,13,15,28H,2,8,12,14,16H2,1H3. The summed E-state index contributed by atoms with van der Waals surface area (Å²) in [5.41, 5.74) is 1.31. The van der Waals surface area contributed by atoms with E-state index in [1.54, 1.807) is 13.0 Å². The molecule has 0 unspecified atom stereocenters. The third kappa shape index (κ3) is 5.76. The Hall–Kier alpha value is -3.06. The number of aromatic amines is 1. The molecule has 4 nitrogen and oxygen atoms in total. The highest BCUT2D eigenvalue weighted by molar-refractivity contribution is 5.93. The summed E-state index contributed by atoms with van der Waals surface area (Å²) in [4.78, 5) is 15.2. The van der Waals surface area contributed by atoms with E-state index in [1.807, 2.05) is 30.3 Å². The van der Waals surface area contributed by atoms with Crippen molar-refractivity contribution in [2.24, 2.45) is 0 Å². The van der Waals surface area contributed by atoms with Gasteiger partial charge in [-0.05, 0) is 37.0 Å². The van der Waals surface area contributed by atoms with Crippen molar-refractivity contribution in [1.82, 2.24) is 4.98 Å². The number of rotatable bonds is 9. The van der Waals surface area contributed by atoms with Crippen molar-refractivity contribution >= 4 is 5.97 Å². The lowest BCUT2D eigenvalue weighted by atomic mass is 9.97. The number of hydrogen-bond acceptors (Lipinski definition) is 3. The van der Waals surface area contributed by atoms with E-state index in [4.69, 9.17) is 9.47 Å². The molecule has 1 N–H and O–H groups in total. The van der Waals surface area contributed by atoms with E-state index in [9.17, 15) is 18.0 Å². The number of aromatic nitrogens is 1. The molecule has 31 heavy (non-hydrogen) atoms. The van der Waals surface area contributed by atoms with Crippen molar-refractivity contribution in [3.8, 4) is 11.3 Å². The van der Waals surface area contributed by atoms with E-state index in [-0.39, 0.29) is 23.4 Å². The van der Waals surface area contributed by atoms with Crippen LogP contribution in [0.15, 0.2) is 60.8 Å². The van der Waals surface area contributed by atoms with Crippen LogP contribution in [0.2, 0.25) is 0 Å². The van der Waals surface area contributed by atoms with Gasteiger partial charge >= 0.3 is 12.1 Å². The highest BCUT2D eigenvalue weighted by Crippen LogP contribution is 2.38. The highest BCUT2D eigenvalue weighted by atomic mass is 19.4. The first-order valence-corrected chi connectivity index (χ1v) is 10.1. The summed E-state index contributed by atoms with van der Waals surface area (Å²) in [6, 6.07) is 15.0. The van der Waals surface area contributed by atoms with Crippen LogP contribution in [0.3, 0.4) is 0 Å². The summed E-state index contributed by atoms with van der Waals surface area (Å²) in [6.45, 7) is 2.71. The fourth-order valence-electron chi connectivity index (χ4n) is 3.41. The Labute approximate surface area is 179 Å². The summed E-state index contributed by atoms with van der Waals surface area (Å²) < 4.78 is 51.4. The molecule has 1 heterocycles. The first-order chi connectivity index (χ1) is 14.9. The second kappa shape index (κ2) is 10.3. The van der Waals surface area contributed by atoms with Gasteiger partial charge in [-0.15, -0.1) is 0 Å². The first-order valence-electron chi connectivity index (χ1n) is 10.1. The van der Waals surface area contributed by atoms with Crippen molar-refractivity contribution in [3.05, 3.63) is 83.0 Å². The molecule has 0 spiro atoms. The first kappa shape index (κ1) is 22.6. The van der Waals surface area contributed by atoms with Gasteiger partial charge < -0.3 is 14.5 Å². The van der Waals surface area contributed by atoms with E-state index in [0.717, 1.165) is 11.6 Å². The number of hydrogen-bond donors (Lipinski definition) is 1. The van der Waals surface area contributed by atoms with E-state index in [2.05, 4.69) is 4.98 Å². The predicted molar refractivity (Wildman–Crippen MR) is 112 cm³/mol. The summed E-state index contributed by atoms with van der Waals surface area (Å²) in [7, 11) is 0. The van der Waals surface area contributed by atoms with Gasteiger partial charge in [0.25, 0.3) is 0 Å². The Bertz CT molecular complexity index is 997. The number of ether oxygens (including phenoxy) is 2. The smallest absolute Gasteiger partial charge is 0.417 e. The van der Waals surface area contributed by atoms with Crippen LogP contribution in [0, 0.1) is 0 Å². The van der Waals surface area contributed by atoms with Gasteiger partial charge in [-0.25, -0.2) is 4.79 Å². The van der Waals surface area contributed by atoms with Gasteiger partial charge in [0.05, 0.1) is 30.0 Å². The molecule has 0 aliphatic carbocycles. The van der Waals surface area contributed by atoms with Crippen LogP contribution in [-0.4, -0.2) is 24.2 Å². The summed E-state index contributed by atoms with van der Waals surface area (Å²) >= 11 is 0. The topological polar surface area (TPSA) is 51.3 Å². The van der Waals surface area contributed by atoms with Gasteiger partial charge in [0.2, 0.25) is 0 Å². The molecule has 0 amide bonds. The average Bonchev–Trinajstić information content (AvgIpc) is 3.17. The normalized spacial score (nSPS) is 11.5. The van der Waals surface area contributed by atoms with E-state index in [1.165, 1.54) is 18.3 Å². The Balaban J connectivity index is 1.81. The maximum absolute atomic E-state index is 13.5. The largest absolute Gasteiger partial charge is 0.462 e. The Morgan fingerprint density at radius 3 is 2.45 bits per heavy atom. The highest BCUT2D eigenvalue weighted by Gasteiger charge is 2.34. The summed E-state index contributed by atoms with van der Waals surface area (Å²) in [5, 5.41) is 0. The molecule has 0 aliphatic rings. The van der Waals surface area contributed by atoms with Gasteiger partial charge in [-0.2, -0.15) is 13.2 Å². The SMILES string of the molecule is CCOC(=O)c1c[nH]c(-c2ccccc2C(F)(F)F)c1CCCOCc1ccccc1. The van der Waals surface area contributed by atoms with Gasteiger partial charge in [0, 0.05) is 18.4 Å². The average molecular weight is 431 g/mol. The molecular weight excluding hydrogens is 407 g/mol. The molecule has 3 aromatic rings. The van der Waals surface area contributed by atoms with E-state index in [0.29, 0.717) is 31.6 Å². The number of alkyl halides is 3. The maximum atomic E-state index is 13.5. The molecule has 0 saturated heterocycles. The molecule has 0 radical (unpaired) electrons. The molecule has 0 bridgehead atoms. The van der Waals surface area contributed by atoms with Crippen molar-refractivity contribution in [2.45, 2.75) is 32.5 Å². The minimum atomic E-state index is -4.51. The zero-order valence-corrected chi connectivity index (χ0v) is 17.2. The van der Waals surface area contributed by atoms with E-state index < -0.39 is 17.7 Å². The number of esters is 1. The number of nitrogens with one attached hydrogen (secondary N) is 1. The fraction of sp³-hybridized carbons (Fsp3) is 0.292. The third-order valence-electron chi connectivity index (χ3n) is 4.81. The van der Waals surface area contributed by atoms with Crippen LogP contribution in [0.25, 0.3) is 11.3 Å². The molecule has 0 saturated carbocycles. The number of benzene rings is 2. The molecular formula is C24H24F3NO3. The Morgan fingerprint density at radius 2 is 1.74 bits per heavy atom. The molecule has 7 heteroatoms. The van der Waals surface area contributed by atoms with Crippen molar-refractivity contribution in [3.63, 3.8) is 0 Å². The zero-order valence-electron chi connectivity index (χ0n) is 17.2. The fourth-order valence-corrected chi connectivity index (χ4v) is 3.41. The van der Waals surface area contributed by atoms with Crippen LogP contribution in [0.5, 0.6) is 0 Å². The van der Waals surface area contributed by atoms with Gasteiger partial charge in [-0.1, -0.05) is 48.5 Å². The van der Waals surface area contributed by atoms with Gasteiger partial charge in [-0.3, -0.25) is 0 Å². The van der Waals surface area contributed by atoms with Crippen molar-refractivity contribution < 1.29 is 27.4 Å². The monoisotopic (exact) mass is 431 g/mol. The predicted octanol–water partition coefficient (Wildman–Crippen LogP) is 6.03. The van der Waals surface area contributed by atoms with Crippen LogP contribution < -0.4 is 0 Å². The summed E-state index contributed by atoms with van der Waals surface area (Å²) in [5.74, 6) is -0.560. The number of H-pyrrole nitrogens is 1. The minimum Gasteiger partial charge on any atom is -0.462 e. The lowest BCUT2D eigenvalue weighted by Crippen LogP contribution is -2.09. The lowest BCUT2D eigenvalue weighted by molar-refractivity contribution is -0.137. The molecule has 0 fully saturated rings. The molecule has 0 aliphatic heterocycles. The van der Waals surface area contributed by atoms with Gasteiger partial charge in [0.1, 0.15) is 0 Å².